The summed E-state index contributed by atoms with van der Waals surface area (Å²) in [6.07, 6.45) is 3.02. The van der Waals surface area contributed by atoms with Gasteiger partial charge in [-0.2, -0.15) is 0 Å². The Morgan fingerprint density at radius 3 is 2.38 bits per heavy atom. The van der Waals surface area contributed by atoms with Crippen LogP contribution in [0.4, 0.5) is 0 Å². The molecule has 1 saturated heterocycles. The predicted molar refractivity (Wildman–Crippen MR) is 100.0 cm³/mol. The van der Waals surface area contributed by atoms with Gasteiger partial charge in [0.15, 0.2) is 0 Å². The molecule has 0 radical (unpaired) electrons. The smallest absolute Gasteiger partial charge is 0.255 e. The van der Waals surface area contributed by atoms with E-state index in [-0.39, 0.29) is 11.8 Å². The third-order valence-electron chi connectivity index (χ3n) is 4.61. The number of nitrogens with one attached hydrogen (secondary N) is 1. The number of amides is 2. The van der Waals surface area contributed by atoms with Crippen molar-refractivity contribution in [2.45, 2.75) is 13.5 Å². The average Bonchev–Trinajstić information content (AvgIpc) is 2.67. The Bertz CT molecular complexity index is 781. The van der Waals surface area contributed by atoms with Crippen LogP contribution in [0.15, 0.2) is 42.7 Å². The number of likely N-dealkylation sites (N-methyl/N-ethyl adjacent to an activating group) is 1. The SMILES string of the molecule is Cc1ccc(CNC(=O)c2cncc(C(=O)N3CCN(C)CC3)c2)cc1. The van der Waals surface area contributed by atoms with Gasteiger partial charge in [-0.1, -0.05) is 29.8 Å². The molecular formula is C20H24N4O2. The average molecular weight is 352 g/mol. The molecule has 26 heavy (non-hydrogen) atoms. The number of hydrogen-bond acceptors (Lipinski definition) is 4. The third kappa shape index (κ3) is 4.46. The lowest BCUT2D eigenvalue weighted by molar-refractivity contribution is 0.0663. The summed E-state index contributed by atoms with van der Waals surface area (Å²) in [6.45, 7) is 5.57. The summed E-state index contributed by atoms with van der Waals surface area (Å²) in [4.78, 5) is 33.1. The van der Waals surface area contributed by atoms with E-state index in [1.165, 1.54) is 18.0 Å². The zero-order valence-corrected chi connectivity index (χ0v) is 15.2. The maximum absolute atomic E-state index is 12.6. The number of benzene rings is 1. The van der Waals surface area contributed by atoms with Crippen LogP contribution in [-0.4, -0.2) is 59.8 Å². The van der Waals surface area contributed by atoms with Gasteiger partial charge in [-0.15, -0.1) is 0 Å². The molecule has 136 valence electrons. The number of pyridine rings is 1. The number of piperazine rings is 1. The lowest BCUT2D eigenvalue weighted by Crippen LogP contribution is -2.47. The van der Waals surface area contributed by atoms with Crippen LogP contribution in [0.5, 0.6) is 0 Å². The first-order valence-electron chi connectivity index (χ1n) is 8.79. The quantitative estimate of drug-likeness (QED) is 0.910. The van der Waals surface area contributed by atoms with Gasteiger partial charge in [0.2, 0.25) is 0 Å². The fraction of sp³-hybridized carbons (Fsp3) is 0.350. The van der Waals surface area contributed by atoms with Crippen molar-refractivity contribution in [3.05, 3.63) is 65.0 Å². The highest BCUT2D eigenvalue weighted by atomic mass is 16.2. The summed E-state index contributed by atoms with van der Waals surface area (Å²) < 4.78 is 0. The molecule has 1 aromatic heterocycles. The molecule has 0 saturated carbocycles. The van der Waals surface area contributed by atoms with Crippen molar-refractivity contribution in [1.82, 2.24) is 20.1 Å². The van der Waals surface area contributed by atoms with Gasteiger partial charge in [0.1, 0.15) is 0 Å². The Balaban J connectivity index is 1.63. The highest BCUT2D eigenvalue weighted by molar-refractivity contribution is 5.99. The molecule has 1 aliphatic heterocycles. The molecule has 1 aromatic carbocycles. The normalized spacial score (nSPS) is 14.9. The Hall–Kier alpha value is -2.73. The van der Waals surface area contributed by atoms with E-state index >= 15 is 0 Å². The minimum Gasteiger partial charge on any atom is -0.348 e. The Kier molecular flexibility index (Phi) is 5.63. The molecule has 1 fully saturated rings. The van der Waals surface area contributed by atoms with E-state index in [1.54, 1.807) is 6.07 Å². The molecule has 1 aliphatic rings. The van der Waals surface area contributed by atoms with Crippen LogP contribution < -0.4 is 5.32 Å². The van der Waals surface area contributed by atoms with Crippen LogP contribution in [0.1, 0.15) is 31.8 Å². The summed E-state index contributed by atoms with van der Waals surface area (Å²) in [5, 5.41) is 2.88. The third-order valence-corrected chi connectivity index (χ3v) is 4.61. The second-order valence-corrected chi connectivity index (χ2v) is 6.73. The molecule has 1 N–H and O–H groups in total. The standard InChI is InChI=1S/C20H24N4O2/c1-15-3-5-16(6-4-15)12-22-19(25)17-11-18(14-21-13-17)20(26)24-9-7-23(2)8-10-24/h3-6,11,13-14H,7-10,12H2,1-2H3,(H,22,25). The van der Waals surface area contributed by atoms with Gasteiger partial charge in [-0.05, 0) is 25.6 Å². The van der Waals surface area contributed by atoms with E-state index in [2.05, 4.69) is 15.2 Å². The largest absolute Gasteiger partial charge is 0.348 e. The van der Waals surface area contributed by atoms with Crippen molar-refractivity contribution in [1.29, 1.82) is 0 Å². The minimum atomic E-state index is -0.230. The second kappa shape index (κ2) is 8.10. The Morgan fingerprint density at radius 1 is 1.04 bits per heavy atom. The number of nitrogens with zero attached hydrogens (tertiary/aromatic N) is 3. The zero-order chi connectivity index (χ0) is 18.5. The molecule has 0 atom stereocenters. The highest BCUT2D eigenvalue weighted by Crippen LogP contribution is 2.10. The molecule has 2 heterocycles. The minimum absolute atomic E-state index is 0.0706. The highest BCUT2D eigenvalue weighted by Gasteiger charge is 2.21. The fourth-order valence-corrected chi connectivity index (χ4v) is 2.86. The number of hydrogen-bond donors (Lipinski definition) is 1. The first-order chi connectivity index (χ1) is 12.5. The molecule has 0 unspecified atom stereocenters. The van der Waals surface area contributed by atoms with Gasteiger partial charge in [-0.3, -0.25) is 14.6 Å². The Labute approximate surface area is 153 Å². The van der Waals surface area contributed by atoms with E-state index in [0.717, 1.165) is 18.7 Å². The summed E-state index contributed by atoms with van der Waals surface area (Å²) in [7, 11) is 2.04. The summed E-state index contributed by atoms with van der Waals surface area (Å²) in [5.41, 5.74) is 3.07. The van der Waals surface area contributed by atoms with Crippen molar-refractivity contribution in [3.8, 4) is 0 Å². The first kappa shape index (κ1) is 18.1. The van der Waals surface area contributed by atoms with Crippen molar-refractivity contribution in [2.75, 3.05) is 33.2 Å². The number of aryl methyl sites for hydroxylation is 1. The monoisotopic (exact) mass is 352 g/mol. The van der Waals surface area contributed by atoms with Gasteiger partial charge in [-0.25, -0.2) is 0 Å². The predicted octanol–water partition coefficient (Wildman–Crippen LogP) is 1.71. The van der Waals surface area contributed by atoms with E-state index in [4.69, 9.17) is 0 Å². The maximum atomic E-state index is 12.6. The molecular weight excluding hydrogens is 328 g/mol. The molecule has 6 nitrogen and oxygen atoms in total. The first-order valence-corrected chi connectivity index (χ1v) is 8.79. The Morgan fingerprint density at radius 2 is 1.69 bits per heavy atom. The lowest BCUT2D eigenvalue weighted by Gasteiger charge is -2.32. The second-order valence-electron chi connectivity index (χ2n) is 6.73. The van der Waals surface area contributed by atoms with E-state index in [0.29, 0.717) is 30.8 Å². The zero-order valence-electron chi connectivity index (χ0n) is 15.2. The van der Waals surface area contributed by atoms with Crippen molar-refractivity contribution in [3.63, 3.8) is 0 Å². The van der Waals surface area contributed by atoms with E-state index in [9.17, 15) is 9.59 Å². The van der Waals surface area contributed by atoms with E-state index < -0.39 is 0 Å². The van der Waals surface area contributed by atoms with Gasteiger partial charge in [0.25, 0.3) is 11.8 Å². The number of rotatable bonds is 4. The molecule has 3 rings (SSSR count). The number of aromatic nitrogens is 1. The van der Waals surface area contributed by atoms with Gasteiger partial charge >= 0.3 is 0 Å². The maximum Gasteiger partial charge on any atom is 0.255 e. The molecule has 0 spiro atoms. The number of carbonyl (C=O) groups excluding carboxylic acids is 2. The van der Waals surface area contributed by atoms with E-state index in [1.807, 2.05) is 43.1 Å². The van der Waals surface area contributed by atoms with Gasteiger partial charge < -0.3 is 15.1 Å². The molecule has 2 amide bonds. The van der Waals surface area contributed by atoms with Crippen LogP contribution in [0, 0.1) is 6.92 Å². The van der Waals surface area contributed by atoms with Crippen LogP contribution in [0.3, 0.4) is 0 Å². The van der Waals surface area contributed by atoms with Crippen LogP contribution in [0.25, 0.3) is 0 Å². The van der Waals surface area contributed by atoms with Crippen molar-refractivity contribution in [2.24, 2.45) is 0 Å². The molecule has 2 aromatic rings. The lowest BCUT2D eigenvalue weighted by atomic mass is 10.1. The summed E-state index contributed by atoms with van der Waals surface area (Å²) >= 11 is 0. The van der Waals surface area contributed by atoms with Gasteiger partial charge in [0, 0.05) is 45.1 Å². The van der Waals surface area contributed by atoms with Crippen LogP contribution >= 0.6 is 0 Å². The van der Waals surface area contributed by atoms with Crippen LogP contribution in [-0.2, 0) is 6.54 Å². The van der Waals surface area contributed by atoms with Gasteiger partial charge in [0.05, 0.1) is 11.1 Å². The summed E-state index contributed by atoms with van der Waals surface area (Å²) in [5.74, 6) is -0.301. The topological polar surface area (TPSA) is 65.5 Å². The molecule has 0 bridgehead atoms. The fourth-order valence-electron chi connectivity index (χ4n) is 2.86. The van der Waals surface area contributed by atoms with Crippen LogP contribution in [0.2, 0.25) is 0 Å². The van der Waals surface area contributed by atoms with Crippen molar-refractivity contribution < 1.29 is 9.59 Å². The molecule has 0 aliphatic carbocycles. The summed E-state index contributed by atoms with van der Waals surface area (Å²) in [6, 6.07) is 9.62. The number of carbonyl (C=O) groups is 2. The molecule has 6 heteroatoms. The van der Waals surface area contributed by atoms with Crippen molar-refractivity contribution >= 4 is 11.8 Å².